The van der Waals surface area contributed by atoms with Crippen LogP contribution in [0.1, 0.15) is 52.7 Å². The lowest BCUT2D eigenvalue weighted by Gasteiger charge is -2.31. The zero-order valence-corrected chi connectivity index (χ0v) is 11.8. The Bertz CT molecular complexity index is 533. The SMILES string of the molecule is CC(C)(C)c1ccn2cccc2c1C(C)(C)C. The topological polar surface area (TPSA) is 4.41 Å². The summed E-state index contributed by atoms with van der Waals surface area (Å²) < 4.78 is 2.22. The summed E-state index contributed by atoms with van der Waals surface area (Å²) in [6.07, 6.45) is 4.29. The van der Waals surface area contributed by atoms with Crippen LogP contribution in [0.3, 0.4) is 0 Å². The molecule has 0 saturated heterocycles. The van der Waals surface area contributed by atoms with Crippen LogP contribution in [0, 0.1) is 0 Å². The first-order valence-electron chi connectivity index (χ1n) is 6.32. The summed E-state index contributed by atoms with van der Waals surface area (Å²) in [6.45, 7) is 13.8. The second-order valence-corrected chi connectivity index (χ2v) is 6.91. The summed E-state index contributed by atoms with van der Waals surface area (Å²) in [5, 5.41) is 0. The number of aromatic nitrogens is 1. The van der Waals surface area contributed by atoms with Gasteiger partial charge in [-0.3, -0.25) is 0 Å². The maximum atomic E-state index is 2.30. The highest BCUT2D eigenvalue weighted by Crippen LogP contribution is 2.36. The number of pyridine rings is 1. The Morgan fingerprint density at radius 1 is 0.824 bits per heavy atom. The molecule has 17 heavy (non-hydrogen) atoms. The highest BCUT2D eigenvalue weighted by Gasteiger charge is 2.27. The predicted octanol–water partition coefficient (Wildman–Crippen LogP) is 4.53. The van der Waals surface area contributed by atoms with Gasteiger partial charge in [0.25, 0.3) is 0 Å². The van der Waals surface area contributed by atoms with Crippen molar-refractivity contribution in [3.63, 3.8) is 0 Å². The van der Waals surface area contributed by atoms with Crippen LogP contribution >= 0.6 is 0 Å². The van der Waals surface area contributed by atoms with E-state index in [1.54, 1.807) is 0 Å². The van der Waals surface area contributed by atoms with Gasteiger partial charge >= 0.3 is 0 Å². The van der Waals surface area contributed by atoms with Gasteiger partial charge in [-0.1, -0.05) is 41.5 Å². The third-order valence-corrected chi connectivity index (χ3v) is 3.26. The van der Waals surface area contributed by atoms with E-state index in [2.05, 4.69) is 76.5 Å². The Morgan fingerprint density at radius 2 is 1.47 bits per heavy atom. The molecule has 0 aliphatic heterocycles. The largest absolute Gasteiger partial charge is 0.324 e. The molecule has 92 valence electrons. The van der Waals surface area contributed by atoms with Crippen molar-refractivity contribution in [1.82, 2.24) is 4.40 Å². The fraction of sp³-hybridized carbons (Fsp3) is 0.500. The van der Waals surface area contributed by atoms with E-state index in [1.807, 2.05) is 0 Å². The molecule has 2 aromatic rings. The first-order valence-corrected chi connectivity index (χ1v) is 6.32. The molecule has 0 aliphatic carbocycles. The number of hydrogen-bond donors (Lipinski definition) is 0. The van der Waals surface area contributed by atoms with Gasteiger partial charge in [-0.05, 0) is 40.2 Å². The lowest BCUT2D eigenvalue weighted by Crippen LogP contribution is -2.23. The second kappa shape index (κ2) is 3.63. The van der Waals surface area contributed by atoms with Crippen molar-refractivity contribution in [3.05, 3.63) is 41.7 Å². The Kier molecular flexibility index (Phi) is 2.61. The van der Waals surface area contributed by atoms with Gasteiger partial charge in [-0.15, -0.1) is 0 Å². The molecule has 0 amide bonds. The van der Waals surface area contributed by atoms with Crippen molar-refractivity contribution < 1.29 is 0 Å². The maximum absolute atomic E-state index is 2.30. The minimum absolute atomic E-state index is 0.170. The van der Waals surface area contributed by atoms with Gasteiger partial charge < -0.3 is 4.40 Å². The van der Waals surface area contributed by atoms with Crippen molar-refractivity contribution in [2.45, 2.75) is 52.4 Å². The van der Waals surface area contributed by atoms with Crippen LogP contribution in [0.2, 0.25) is 0 Å². The average molecular weight is 229 g/mol. The second-order valence-electron chi connectivity index (χ2n) is 6.91. The minimum atomic E-state index is 0.170. The molecular weight excluding hydrogens is 206 g/mol. The van der Waals surface area contributed by atoms with Gasteiger partial charge in [0.2, 0.25) is 0 Å². The van der Waals surface area contributed by atoms with E-state index in [0.717, 1.165) is 0 Å². The highest BCUT2D eigenvalue weighted by molar-refractivity contribution is 5.62. The van der Waals surface area contributed by atoms with Crippen LogP contribution in [0.4, 0.5) is 0 Å². The predicted molar refractivity (Wildman–Crippen MR) is 74.8 cm³/mol. The van der Waals surface area contributed by atoms with E-state index in [9.17, 15) is 0 Å². The van der Waals surface area contributed by atoms with E-state index < -0.39 is 0 Å². The average Bonchev–Trinajstić information content (AvgIpc) is 2.59. The molecule has 0 saturated carbocycles. The molecule has 1 heteroatoms. The van der Waals surface area contributed by atoms with Gasteiger partial charge in [-0.2, -0.15) is 0 Å². The van der Waals surface area contributed by atoms with E-state index >= 15 is 0 Å². The fourth-order valence-electron chi connectivity index (χ4n) is 2.53. The lowest BCUT2D eigenvalue weighted by molar-refractivity contribution is 0.532. The molecule has 0 radical (unpaired) electrons. The summed E-state index contributed by atoms with van der Waals surface area (Å²) >= 11 is 0. The summed E-state index contributed by atoms with van der Waals surface area (Å²) in [5.41, 5.74) is 4.62. The third-order valence-electron chi connectivity index (χ3n) is 3.26. The Labute approximate surface area is 104 Å². The minimum Gasteiger partial charge on any atom is -0.324 e. The van der Waals surface area contributed by atoms with Crippen LogP contribution in [0.25, 0.3) is 5.52 Å². The first kappa shape index (κ1) is 12.2. The maximum Gasteiger partial charge on any atom is 0.0490 e. The molecule has 0 fully saturated rings. The lowest BCUT2D eigenvalue weighted by atomic mass is 9.75. The van der Waals surface area contributed by atoms with Crippen molar-refractivity contribution in [1.29, 1.82) is 0 Å². The van der Waals surface area contributed by atoms with Crippen molar-refractivity contribution in [2.75, 3.05) is 0 Å². The van der Waals surface area contributed by atoms with E-state index in [-0.39, 0.29) is 10.8 Å². The van der Waals surface area contributed by atoms with Crippen LogP contribution in [0.15, 0.2) is 30.6 Å². The van der Waals surface area contributed by atoms with Gasteiger partial charge in [0, 0.05) is 17.9 Å². The molecule has 0 N–H and O–H groups in total. The zero-order chi connectivity index (χ0) is 12.8. The molecule has 0 aromatic carbocycles. The quantitative estimate of drug-likeness (QED) is 0.625. The van der Waals surface area contributed by atoms with Crippen molar-refractivity contribution in [3.8, 4) is 0 Å². The van der Waals surface area contributed by atoms with Crippen LogP contribution in [-0.2, 0) is 10.8 Å². The van der Waals surface area contributed by atoms with Crippen LogP contribution < -0.4 is 0 Å². The first-order chi connectivity index (χ1) is 7.71. The summed E-state index contributed by atoms with van der Waals surface area (Å²) in [5.74, 6) is 0. The summed E-state index contributed by atoms with van der Waals surface area (Å²) in [6, 6.07) is 6.61. The van der Waals surface area contributed by atoms with E-state index in [1.165, 1.54) is 16.6 Å². The normalized spacial score (nSPS) is 13.3. The molecule has 0 unspecified atom stereocenters. The van der Waals surface area contributed by atoms with E-state index in [4.69, 9.17) is 0 Å². The summed E-state index contributed by atoms with van der Waals surface area (Å²) in [7, 11) is 0. The van der Waals surface area contributed by atoms with Crippen LogP contribution in [0.5, 0.6) is 0 Å². The molecule has 2 heterocycles. The standard InChI is InChI=1S/C16H23N/c1-15(2,3)12-9-11-17-10-7-8-13(17)14(12)16(4,5)6/h7-11H,1-6H3. The molecule has 0 aliphatic rings. The number of fused-ring (bicyclic) bond motifs is 1. The van der Waals surface area contributed by atoms with Gasteiger partial charge in [0.15, 0.2) is 0 Å². The molecule has 0 bridgehead atoms. The molecule has 2 aromatic heterocycles. The monoisotopic (exact) mass is 229 g/mol. The summed E-state index contributed by atoms with van der Waals surface area (Å²) in [4.78, 5) is 0. The number of rotatable bonds is 0. The van der Waals surface area contributed by atoms with Gasteiger partial charge in [-0.25, -0.2) is 0 Å². The molecule has 1 nitrogen and oxygen atoms in total. The highest BCUT2D eigenvalue weighted by atomic mass is 14.9. The Hall–Kier alpha value is -1.24. The van der Waals surface area contributed by atoms with Gasteiger partial charge in [0.1, 0.15) is 0 Å². The van der Waals surface area contributed by atoms with Crippen LogP contribution in [-0.4, -0.2) is 4.40 Å². The Balaban J connectivity index is 2.85. The van der Waals surface area contributed by atoms with Crippen molar-refractivity contribution in [2.24, 2.45) is 0 Å². The molecule has 0 spiro atoms. The smallest absolute Gasteiger partial charge is 0.0490 e. The number of hydrogen-bond acceptors (Lipinski definition) is 0. The third kappa shape index (κ3) is 2.11. The van der Waals surface area contributed by atoms with Crippen molar-refractivity contribution >= 4 is 5.52 Å². The zero-order valence-electron chi connectivity index (χ0n) is 11.8. The fourth-order valence-corrected chi connectivity index (χ4v) is 2.53. The molecule has 0 atom stereocenters. The van der Waals surface area contributed by atoms with E-state index in [0.29, 0.717) is 0 Å². The number of nitrogens with zero attached hydrogens (tertiary/aromatic N) is 1. The molecule has 2 rings (SSSR count). The molecular formula is C16H23N. The van der Waals surface area contributed by atoms with Gasteiger partial charge in [0.05, 0.1) is 0 Å². The Morgan fingerprint density at radius 3 is 2.00 bits per heavy atom.